The topological polar surface area (TPSA) is 9.23 Å². The molecule has 114 valence electrons. The van der Waals surface area contributed by atoms with Crippen molar-refractivity contribution in [1.82, 2.24) is 0 Å². The van der Waals surface area contributed by atoms with Crippen LogP contribution in [0.4, 0.5) is 0 Å². The summed E-state index contributed by atoms with van der Waals surface area (Å²) in [5, 5.41) is 0. The van der Waals surface area contributed by atoms with E-state index in [0.717, 1.165) is 0 Å². The predicted octanol–water partition coefficient (Wildman–Crippen LogP) is 6.26. The fraction of sp³-hybridized carbons (Fsp3) is 1.00. The summed E-state index contributed by atoms with van der Waals surface area (Å²) in [5.74, 6) is 0. The van der Waals surface area contributed by atoms with Crippen LogP contribution in [-0.2, 0) is 4.74 Å². The van der Waals surface area contributed by atoms with Gasteiger partial charge in [-0.05, 0) is 32.1 Å². The van der Waals surface area contributed by atoms with Crippen LogP contribution in [0.15, 0.2) is 0 Å². The highest BCUT2D eigenvalue weighted by Crippen LogP contribution is 2.25. The first-order valence-electron chi connectivity index (χ1n) is 9.02. The lowest BCUT2D eigenvalue weighted by atomic mass is 9.97. The molecule has 0 aromatic rings. The predicted molar refractivity (Wildman–Crippen MR) is 84.6 cm³/mol. The molecule has 0 saturated carbocycles. The largest absolute Gasteiger partial charge is 0.375 e. The highest BCUT2D eigenvalue weighted by molar-refractivity contribution is 4.71. The first-order chi connectivity index (χ1) is 9.36. The van der Waals surface area contributed by atoms with E-state index in [1.54, 1.807) is 0 Å². The van der Waals surface area contributed by atoms with Gasteiger partial charge in [0.05, 0.1) is 12.2 Å². The molecule has 0 amide bonds. The molecule has 1 aliphatic rings. The van der Waals surface area contributed by atoms with Crippen molar-refractivity contribution >= 4 is 0 Å². The molecule has 0 aromatic heterocycles. The summed E-state index contributed by atoms with van der Waals surface area (Å²) < 4.78 is 6.19. The minimum absolute atomic E-state index is 0.581. The number of hydrogen-bond donors (Lipinski definition) is 0. The highest BCUT2D eigenvalue weighted by Gasteiger charge is 2.20. The quantitative estimate of drug-likeness (QED) is 0.402. The monoisotopic (exact) mass is 268 g/mol. The Hall–Kier alpha value is -0.0400. The second-order valence-electron chi connectivity index (χ2n) is 6.36. The van der Waals surface area contributed by atoms with E-state index < -0.39 is 0 Å². The maximum Gasteiger partial charge on any atom is 0.0579 e. The minimum atomic E-state index is 0.581. The number of ether oxygens (including phenoxy) is 1. The van der Waals surface area contributed by atoms with Crippen LogP contribution < -0.4 is 0 Å². The highest BCUT2D eigenvalue weighted by atomic mass is 16.5. The van der Waals surface area contributed by atoms with E-state index >= 15 is 0 Å². The maximum atomic E-state index is 6.19. The Morgan fingerprint density at radius 1 is 0.684 bits per heavy atom. The van der Waals surface area contributed by atoms with Gasteiger partial charge in [0.15, 0.2) is 0 Å². The third kappa shape index (κ3) is 8.68. The molecule has 2 atom stereocenters. The summed E-state index contributed by atoms with van der Waals surface area (Å²) in [6.07, 6.45) is 20.4. The van der Waals surface area contributed by atoms with E-state index in [1.165, 1.54) is 89.9 Å². The zero-order chi connectivity index (χ0) is 13.8. The van der Waals surface area contributed by atoms with Crippen molar-refractivity contribution in [3.8, 4) is 0 Å². The lowest BCUT2D eigenvalue weighted by Crippen LogP contribution is -2.27. The average Bonchev–Trinajstić information content (AvgIpc) is 2.43. The molecular weight excluding hydrogens is 232 g/mol. The van der Waals surface area contributed by atoms with Crippen molar-refractivity contribution in [2.45, 2.75) is 116 Å². The molecule has 1 rings (SSSR count). The number of unbranched alkanes of at least 4 members (excludes halogenated alkanes) is 7. The van der Waals surface area contributed by atoms with Gasteiger partial charge in [-0.3, -0.25) is 0 Å². The molecular formula is C18H36O. The zero-order valence-electron chi connectivity index (χ0n) is 13.5. The summed E-state index contributed by atoms with van der Waals surface area (Å²) in [4.78, 5) is 0. The molecule has 0 radical (unpaired) electrons. The van der Waals surface area contributed by atoms with Crippen molar-refractivity contribution in [3.05, 3.63) is 0 Å². The first kappa shape index (κ1) is 17.0. The van der Waals surface area contributed by atoms with Crippen molar-refractivity contribution in [3.63, 3.8) is 0 Å². The number of hydrogen-bond acceptors (Lipinski definition) is 1. The first-order valence-corrected chi connectivity index (χ1v) is 9.02. The lowest BCUT2D eigenvalue weighted by Gasteiger charge is -2.30. The van der Waals surface area contributed by atoms with E-state index in [1.807, 2.05) is 0 Å². The Kier molecular flexibility index (Phi) is 10.5. The molecule has 0 bridgehead atoms. The van der Waals surface area contributed by atoms with E-state index in [0.29, 0.717) is 12.2 Å². The van der Waals surface area contributed by atoms with Gasteiger partial charge >= 0.3 is 0 Å². The van der Waals surface area contributed by atoms with Crippen molar-refractivity contribution in [2.75, 3.05) is 0 Å². The molecule has 1 fully saturated rings. The SMILES string of the molecule is CCCCCCCCCC[C@@H]1CCC[C@H](CCC)O1. The van der Waals surface area contributed by atoms with Crippen LogP contribution in [0.3, 0.4) is 0 Å². The minimum Gasteiger partial charge on any atom is -0.375 e. The standard InChI is InChI=1S/C18H36O/c1-3-5-6-7-8-9-10-11-14-18-16-12-15-17(19-18)13-4-2/h17-18H,3-16H2,1-2H3/t17-,18+/m0/s1. The van der Waals surface area contributed by atoms with Crippen LogP contribution >= 0.6 is 0 Å². The van der Waals surface area contributed by atoms with Crippen LogP contribution in [0, 0.1) is 0 Å². The molecule has 1 heterocycles. The van der Waals surface area contributed by atoms with E-state index in [-0.39, 0.29) is 0 Å². The Bertz CT molecular complexity index is 188. The second-order valence-corrected chi connectivity index (χ2v) is 6.36. The lowest BCUT2D eigenvalue weighted by molar-refractivity contribution is -0.0572. The van der Waals surface area contributed by atoms with Crippen LogP contribution in [0.5, 0.6) is 0 Å². The van der Waals surface area contributed by atoms with E-state index in [9.17, 15) is 0 Å². The van der Waals surface area contributed by atoms with Crippen LogP contribution in [-0.4, -0.2) is 12.2 Å². The van der Waals surface area contributed by atoms with Gasteiger partial charge in [0.1, 0.15) is 0 Å². The fourth-order valence-corrected chi connectivity index (χ4v) is 3.23. The molecule has 1 nitrogen and oxygen atoms in total. The smallest absolute Gasteiger partial charge is 0.0579 e. The van der Waals surface area contributed by atoms with Gasteiger partial charge in [-0.15, -0.1) is 0 Å². The molecule has 1 saturated heterocycles. The summed E-state index contributed by atoms with van der Waals surface area (Å²) in [7, 11) is 0. The van der Waals surface area contributed by atoms with Gasteiger partial charge in [0.25, 0.3) is 0 Å². The Morgan fingerprint density at radius 2 is 1.26 bits per heavy atom. The molecule has 0 aliphatic carbocycles. The molecule has 0 spiro atoms. The summed E-state index contributed by atoms with van der Waals surface area (Å²) in [5.41, 5.74) is 0. The molecule has 0 unspecified atom stereocenters. The molecule has 0 aromatic carbocycles. The third-order valence-corrected chi connectivity index (χ3v) is 4.43. The van der Waals surface area contributed by atoms with Crippen LogP contribution in [0.1, 0.15) is 104 Å². The van der Waals surface area contributed by atoms with Crippen molar-refractivity contribution < 1.29 is 4.74 Å². The average molecular weight is 268 g/mol. The van der Waals surface area contributed by atoms with Gasteiger partial charge in [-0.25, -0.2) is 0 Å². The van der Waals surface area contributed by atoms with Crippen LogP contribution in [0.25, 0.3) is 0 Å². The Labute approximate surface area is 121 Å². The number of rotatable bonds is 11. The van der Waals surface area contributed by atoms with Crippen molar-refractivity contribution in [2.24, 2.45) is 0 Å². The Balaban J connectivity index is 1.91. The summed E-state index contributed by atoms with van der Waals surface area (Å²) >= 11 is 0. The maximum absolute atomic E-state index is 6.19. The summed E-state index contributed by atoms with van der Waals surface area (Å²) in [6, 6.07) is 0. The molecule has 1 aliphatic heterocycles. The van der Waals surface area contributed by atoms with E-state index in [4.69, 9.17) is 4.74 Å². The summed E-state index contributed by atoms with van der Waals surface area (Å²) in [6.45, 7) is 4.56. The molecule has 1 heteroatoms. The molecule has 19 heavy (non-hydrogen) atoms. The normalized spacial score (nSPS) is 23.7. The van der Waals surface area contributed by atoms with Gasteiger partial charge in [0.2, 0.25) is 0 Å². The Morgan fingerprint density at radius 3 is 1.89 bits per heavy atom. The van der Waals surface area contributed by atoms with Gasteiger partial charge in [-0.2, -0.15) is 0 Å². The van der Waals surface area contributed by atoms with E-state index in [2.05, 4.69) is 13.8 Å². The third-order valence-electron chi connectivity index (χ3n) is 4.43. The molecule has 0 N–H and O–H groups in total. The zero-order valence-corrected chi connectivity index (χ0v) is 13.5. The van der Waals surface area contributed by atoms with Gasteiger partial charge < -0.3 is 4.74 Å². The van der Waals surface area contributed by atoms with Crippen LogP contribution in [0.2, 0.25) is 0 Å². The van der Waals surface area contributed by atoms with Crippen molar-refractivity contribution in [1.29, 1.82) is 0 Å². The fourth-order valence-electron chi connectivity index (χ4n) is 3.23. The van der Waals surface area contributed by atoms with Gasteiger partial charge in [0, 0.05) is 0 Å². The second kappa shape index (κ2) is 11.8. The van der Waals surface area contributed by atoms with Gasteiger partial charge in [-0.1, -0.05) is 71.6 Å².